The van der Waals surface area contributed by atoms with Crippen LogP contribution in [0.1, 0.15) is 36.4 Å². The van der Waals surface area contributed by atoms with Gasteiger partial charge in [0.05, 0.1) is 12.2 Å². The molecule has 2 rings (SSSR count). The van der Waals surface area contributed by atoms with Gasteiger partial charge in [-0.2, -0.15) is 16.4 Å². The molecule has 0 radical (unpaired) electrons. The normalized spacial score (nSPS) is 13.2. The molecule has 0 fully saturated rings. The molecule has 5 nitrogen and oxygen atoms in total. The summed E-state index contributed by atoms with van der Waals surface area (Å²) in [5, 5.41) is 15.5. The summed E-state index contributed by atoms with van der Waals surface area (Å²) < 4.78 is 1.95. The van der Waals surface area contributed by atoms with Gasteiger partial charge in [0.25, 0.3) is 0 Å². The fraction of sp³-hybridized carbons (Fsp3) is 0.529. The molecular weight excluding hydrogens is 306 g/mol. The van der Waals surface area contributed by atoms with Gasteiger partial charge in [-0.25, -0.2) is 4.99 Å². The van der Waals surface area contributed by atoms with Gasteiger partial charge >= 0.3 is 0 Å². The van der Waals surface area contributed by atoms with Gasteiger partial charge in [0.2, 0.25) is 0 Å². The first-order valence-corrected chi connectivity index (χ1v) is 9.00. The molecule has 1 unspecified atom stereocenters. The Hall–Kier alpha value is -1.82. The monoisotopic (exact) mass is 333 g/mol. The summed E-state index contributed by atoms with van der Waals surface area (Å²) in [6.07, 6.45) is 0.939. The molecule has 0 saturated heterocycles. The number of nitrogens with zero attached hydrogens (tertiary/aromatic N) is 3. The second-order valence-electron chi connectivity index (χ2n) is 5.85. The van der Waals surface area contributed by atoms with Crippen LogP contribution in [-0.4, -0.2) is 28.3 Å². The van der Waals surface area contributed by atoms with Gasteiger partial charge in [0.15, 0.2) is 5.96 Å². The van der Waals surface area contributed by atoms with Gasteiger partial charge < -0.3 is 10.6 Å². The Labute approximate surface area is 142 Å². The van der Waals surface area contributed by atoms with E-state index in [1.54, 1.807) is 11.3 Å². The van der Waals surface area contributed by atoms with Crippen molar-refractivity contribution in [1.29, 1.82) is 0 Å². The third-order valence-corrected chi connectivity index (χ3v) is 4.63. The minimum atomic E-state index is 0.289. The van der Waals surface area contributed by atoms with E-state index in [4.69, 9.17) is 0 Å². The number of nitrogens with one attached hydrogen (secondary N) is 2. The quantitative estimate of drug-likeness (QED) is 0.631. The third kappa shape index (κ3) is 4.82. The van der Waals surface area contributed by atoms with Crippen molar-refractivity contribution in [1.82, 2.24) is 20.4 Å². The lowest BCUT2D eigenvalue weighted by molar-refractivity contribution is 0.636. The molecule has 2 N–H and O–H groups in total. The van der Waals surface area contributed by atoms with Crippen molar-refractivity contribution in [3.05, 3.63) is 39.3 Å². The number of aliphatic imine (C=N–C) groups is 1. The lowest BCUT2D eigenvalue weighted by atomic mass is 10.1. The number of guanidine groups is 1. The SMILES string of the molecule is CCNC(=NCc1ccsc1)NC(C)Cc1c(C)nn(C)c1C. The van der Waals surface area contributed by atoms with Crippen molar-refractivity contribution in [2.45, 2.75) is 46.7 Å². The first-order valence-electron chi connectivity index (χ1n) is 8.06. The van der Waals surface area contributed by atoms with Crippen LogP contribution in [0.5, 0.6) is 0 Å². The lowest BCUT2D eigenvalue weighted by Crippen LogP contribution is -2.43. The van der Waals surface area contributed by atoms with Gasteiger partial charge in [0, 0.05) is 25.3 Å². The third-order valence-electron chi connectivity index (χ3n) is 3.90. The van der Waals surface area contributed by atoms with E-state index in [1.807, 2.05) is 11.7 Å². The molecule has 0 aliphatic rings. The van der Waals surface area contributed by atoms with Gasteiger partial charge in [0.1, 0.15) is 0 Å². The largest absolute Gasteiger partial charge is 0.357 e. The van der Waals surface area contributed by atoms with E-state index in [9.17, 15) is 0 Å². The summed E-state index contributed by atoms with van der Waals surface area (Å²) >= 11 is 1.71. The Balaban J connectivity index is 1.99. The zero-order valence-corrected chi connectivity index (χ0v) is 15.5. The summed E-state index contributed by atoms with van der Waals surface area (Å²) in [6.45, 7) is 10.0. The standard InChI is InChI=1S/C17H27N5S/c1-6-18-17(19-10-15-7-8-23-11-15)20-12(2)9-16-13(3)21-22(5)14(16)4/h7-8,11-12H,6,9-10H2,1-5H3,(H2,18,19,20). The molecule has 126 valence electrons. The molecule has 2 aromatic rings. The summed E-state index contributed by atoms with van der Waals surface area (Å²) in [7, 11) is 2.00. The van der Waals surface area contributed by atoms with E-state index in [1.165, 1.54) is 16.8 Å². The van der Waals surface area contributed by atoms with Crippen LogP contribution in [0.4, 0.5) is 0 Å². The maximum absolute atomic E-state index is 4.67. The van der Waals surface area contributed by atoms with Crippen molar-refractivity contribution in [3.8, 4) is 0 Å². The topological polar surface area (TPSA) is 54.2 Å². The van der Waals surface area contributed by atoms with Crippen LogP contribution in [0.25, 0.3) is 0 Å². The minimum Gasteiger partial charge on any atom is -0.357 e. The zero-order valence-electron chi connectivity index (χ0n) is 14.7. The first-order chi connectivity index (χ1) is 11.0. The molecule has 0 spiro atoms. The highest BCUT2D eigenvalue weighted by Gasteiger charge is 2.13. The van der Waals surface area contributed by atoms with Gasteiger partial charge in [-0.05, 0) is 62.1 Å². The number of hydrogen-bond donors (Lipinski definition) is 2. The number of aromatic nitrogens is 2. The maximum Gasteiger partial charge on any atom is 0.191 e. The zero-order chi connectivity index (χ0) is 16.8. The summed E-state index contributed by atoms with van der Waals surface area (Å²) in [5.74, 6) is 0.866. The molecule has 23 heavy (non-hydrogen) atoms. The van der Waals surface area contributed by atoms with Crippen LogP contribution in [0.15, 0.2) is 21.8 Å². The van der Waals surface area contributed by atoms with Gasteiger partial charge in [-0.15, -0.1) is 0 Å². The van der Waals surface area contributed by atoms with E-state index in [2.05, 4.69) is 65.2 Å². The van der Waals surface area contributed by atoms with Crippen molar-refractivity contribution in [3.63, 3.8) is 0 Å². The predicted molar refractivity (Wildman–Crippen MR) is 98.1 cm³/mol. The minimum absolute atomic E-state index is 0.289. The summed E-state index contributed by atoms with van der Waals surface area (Å²) in [4.78, 5) is 4.67. The lowest BCUT2D eigenvalue weighted by Gasteiger charge is -2.18. The highest BCUT2D eigenvalue weighted by molar-refractivity contribution is 7.07. The van der Waals surface area contributed by atoms with E-state index < -0.39 is 0 Å². The fourth-order valence-corrected chi connectivity index (χ4v) is 3.24. The molecular formula is C17H27N5S. The van der Waals surface area contributed by atoms with Crippen molar-refractivity contribution >= 4 is 17.3 Å². The molecule has 2 heterocycles. The molecule has 0 aliphatic heterocycles. The molecule has 0 aromatic carbocycles. The molecule has 1 atom stereocenters. The number of hydrogen-bond acceptors (Lipinski definition) is 3. The smallest absolute Gasteiger partial charge is 0.191 e. The predicted octanol–water partition coefficient (Wildman–Crippen LogP) is 2.78. The van der Waals surface area contributed by atoms with Gasteiger partial charge in [-0.1, -0.05) is 0 Å². The summed E-state index contributed by atoms with van der Waals surface area (Å²) in [5.41, 5.74) is 4.91. The summed E-state index contributed by atoms with van der Waals surface area (Å²) in [6, 6.07) is 2.40. The molecule has 0 amide bonds. The van der Waals surface area contributed by atoms with Crippen LogP contribution in [0, 0.1) is 13.8 Å². The fourth-order valence-electron chi connectivity index (χ4n) is 2.58. The second-order valence-corrected chi connectivity index (χ2v) is 6.63. The maximum atomic E-state index is 4.67. The second kappa shape index (κ2) is 8.15. The Morgan fingerprint density at radius 3 is 2.78 bits per heavy atom. The van der Waals surface area contributed by atoms with Crippen molar-refractivity contribution in [2.75, 3.05) is 6.54 Å². The number of rotatable bonds is 6. The average Bonchev–Trinajstić information content (AvgIpc) is 3.10. The Kier molecular flexibility index (Phi) is 6.21. The Morgan fingerprint density at radius 1 is 1.43 bits per heavy atom. The van der Waals surface area contributed by atoms with Gasteiger partial charge in [-0.3, -0.25) is 4.68 Å². The van der Waals surface area contributed by atoms with Crippen LogP contribution in [0.3, 0.4) is 0 Å². The number of thiophene rings is 1. The Bertz CT molecular complexity index is 642. The van der Waals surface area contributed by atoms with Crippen molar-refractivity contribution < 1.29 is 0 Å². The van der Waals surface area contributed by atoms with Crippen LogP contribution in [0.2, 0.25) is 0 Å². The first kappa shape index (κ1) is 17.5. The van der Waals surface area contributed by atoms with E-state index in [-0.39, 0.29) is 6.04 Å². The van der Waals surface area contributed by atoms with Crippen LogP contribution < -0.4 is 10.6 Å². The van der Waals surface area contributed by atoms with Crippen LogP contribution in [-0.2, 0) is 20.0 Å². The molecule has 2 aromatic heterocycles. The van der Waals surface area contributed by atoms with E-state index in [0.29, 0.717) is 6.54 Å². The average molecular weight is 334 g/mol. The van der Waals surface area contributed by atoms with E-state index >= 15 is 0 Å². The molecule has 0 aliphatic carbocycles. The Morgan fingerprint density at radius 2 is 2.22 bits per heavy atom. The molecule has 0 bridgehead atoms. The molecule has 0 saturated carbocycles. The van der Waals surface area contributed by atoms with E-state index in [0.717, 1.165) is 24.6 Å². The van der Waals surface area contributed by atoms with Crippen LogP contribution >= 0.6 is 11.3 Å². The molecule has 6 heteroatoms. The highest BCUT2D eigenvalue weighted by atomic mass is 32.1. The highest BCUT2D eigenvalue weighted by Crippen LogP contribution is 2.14. The number of aryl methyl sites for hydroxylation is 2. The van der Waals surface area contributed by atoms with Crippen molar-refractivity contribution in [2.24, 2.45) is 12.0 Å².